The molecule has 0 aliphatic carbocycles. The molecule has 1 aliphatic heterocycles. The Hall–Kier alpha value is -1.91. The first kappa shape index (κ1) is 9.64. The fraction of sp³-hybridized carbons (Fsp3) is 0.300. The van der Waals surface area contributed by atoms with Gasteiger partial charge in [0.05, 0.1) is 0 Å². The largest absolute Gasteiger partial charge is 0.290 e. The molecule has 0 aromatic carbocycles. The molecule has 0 bridgehead atoms. The SMILES string of the molecule is O=C1CCCC(=O)N1n1ccc(=O)cc1. The lowest BCUT2D eigenvalue weighted by atomic mass is 10.1. The Bertz CT molecular complexity index is 427. The average Bonchev–Trinajstić information content (AvgIpc) is 2.20. The summed E-state index contributed by atoms with van der Waals surface area (Å²) in [5.74, 6) is -0.454. The maximum atomic E-state index is 11.5. The maximum Gasteiger partial charge on any atom is 0.248 e. The van der Waals surface area contributed by atoms with Crippen molar-refractivity contribution in [2.75, 3.05) is 5.01 Å². The second-order valence-corrected chi connectivity index (χ2v) is 3.37. The zero-order valence-corrected chi connectivity index (χ0v) is 8.05. The van der Waals surface area contributed by atoms with Gasteiger partial charge in [-0.15, -0.1) is 0 Å². The average molecular weight is 206 g/mol. The Morgan fingerprint density at radius 2 is 1.47 bits per heavy atom. The lowest BCUT2D eigenvalue weighted by Gasteiger charge is -2.26. The second kappa shape index (κ2) is 3.68. The third-order valence-electron chi connectivity index (χ3n) is 2.27. The number of hydrogen-bond donors (Lipinski definition) is 0. The minimum atomic E-state index is -0.227. The van der Waals surface area contributed by atoms with E-state index < -0.39 is 0 Å². The van der Waals surface area contributed by atoms with Gasteiger partial charge in [0.1, 0.15) is 0 Å². The smallest absolute Gasteiger partial charge is 0.248 e. The molecule has 5 heteroatoms. The summed E-state index contributed by atoms with van der Waals surface area (Å²) in [6.07, 6.45) is 4.19. The highest BCUT2D eigenvalue weighted by Gasteiger charge is 2.26. The lowest BCUT2D eigenvalue weighted by molar-refractivity contribution is -0.131. The molecule has 1 aromatic heterocycles. The molecule has 2 amide bonds. The van der Waals surface area contributed by atoms with Crippen LogP contribution in [0.5, 0.6) is 0 Å². The Balaban J connectivity index is 2.35. The minimum absolute atomic E-state index is 0.150. The van der Waals surface area contributed by atoms with Crippen molar-refractivity contribution in [3.8, 4) is 0 Å². The van der Waals surface area contributed by atoms with Crippen LogP contribution in [0.2, 0.25) is 0 Å². The molecule has 1 fully saturated rings. The van der Waals surface area contributed by atoms with Crippen LogP contribution in [0.3, 0.4) is 0 Å². The van der Waals surface area contributed by atoms with Gasteiger partial charge in [-0.3, -0.25) is 19.1 Å². The molecule has 0 spiro atoms. The highest BCUT2D eigenvalue weighted by Crippen LogP contribution is 2.10. The van der Waals surface area contributed by atoms with E-state index in [9.17, 15) is 14.4 Å². The molecule has 2 heterocycles. The number of carbonyl (C=O) groups excluding carboxylic acids is 2. The first-order chi connectivity index (χ1) is 7.18. The molecule has 0 saturated carbocycles. The molecular weight excluding hydrogens is 196 g/mol. The van der Waals surface area contributed by atoms with E-state index in [1.54, 1.807) is 0 Å². The van der Waals surface area contributed by atoms with Crippen molar-refractivity contribution in [2.45, 2.75) is 19.3 Å². The number of aromatic nitrogens is 1. The molecule has 0 atom stereocenters. The quantitative estimate of drug-likeness (QED) is 0.609. The van der Waals surface area contributed by atoms with Crippen molar-refractivity contribution >= 4 is 11.8 Å². The summed E-state index contributed by atoms with van der Waals surface area (Å²) in [5.41, 5.74) is -0.150. The van der Waals surface area contributed by atoms with E-state index in [0.717, 1.165) is 5.01 Å². The third kappa shape index (κ3) is 1.81. The van der Waals surface area contributed by atoms with Gasteiger partial charge in [-0.1, -0.05) is 0 Å². The number of carbonyl (C=O) groups is 2. The van der Waals surface area contributed by atoms with Crippen LogP contribution in [0.1, 0.15) is 19.3 Å². The van der Waals surface area contributed by atoms with Gasteiger partial charge in [0.25, 0.3) is 0 Å². The first-order valence-corrected chi connectivity index (χ1v) is 4.73. The number of amides is 2. The Morgan fingerprint density at radius 3 is 2.00 bits per heavy atom. The van der Waals surface area contributed by atoms with Gasteiger partial charge in [0, 0.05) is 37.4 Å². The predicted octanol–water partition coefficient (Wildman–Crippen LogP) is 0.0234. The van der Waals surface area contributed by atoms with Crippen molar-refractivity contribution < 1.29 is 9.59 Å². The third-order valence-corrected chi connectivity index (χ3v) is 2.27. The van der Waals surface area contributed by atoms with E-state index in [1.165, 1.54) is 29.2 Å². The van der Waals surface area contributed by atoms with Gasteiger partial charge in [0.15, 0.2) is 5.43 Å². The van der Waals surface area contributed by atoms with E-state index >= 15 is 0 Å². The summed E-state index contributed by atoms with van der Waals surface area (Å²) >= 11 is 0. The van der Waals surface area contributed by atoms with Gasteiger partial charge in [-0.25, -0.2) is 0 Å². The van der Waals surface area contributed by atoms with Crippen LogP contribution in [-0.4, -0.2) is 16.5 Å². The maximum absolute atomic E-state index is 11.5. The number of piperidine rings is 1. The molecular formula is C10H10N2O3. The number of rotatable bonds is 1. The van der Waals surface area contributed by atoms with Crippen LogP contribution in [0.25, 0.3) is 0 Å². The normalized spacial score (nSPS) is 16.9. The number of imide groups is 1. The molecule has 1 saturated heterocycles. The summed E-state index contributed by atoms with van der Waals surface area (Å²) in [5, 5.41) is 1.07. The summed E-state index contributed by atoms with van der Waals surface area (Å²) in [4.78, 5) is 33.9. The molecule has 0 N–H and O–H groups in total. The lowest BCUT2D eigenvalue weighted by Crippen LogP contribution is -2.47. The van der Waals surface area contributed by atoms with Crippen LogP contribution in [0, 0.1) is 0 Å². The predicted molar refractivity (Wildman–Crippen MR) is 52.8 cm³/mol. The topological polar surface area (TPSA) is 59.4 Å². The summed E-state index contributed by atoms with van der Waals surface area (Å²) < 4.78 is 1.35. The molecule has 1 aliphatic rings. The zero-order chi connectivity index (χ0) is 10.8. The van der Waals surface area contributed by atoms with Crippen molar-refractivity contribution in [3.63, 3.8) is 0 Å². The molecule has 15 heavy (non-hydrogen) atoms. The highest BCUT2D eigenvalue weighted by molar-refractivity contribution is 6.09. The number of pyridine rings is 1. The van der Waals surface area contributed by atoms with Crippen molar-refractivity contribution in [3.05, 3.63) is 34.7 Å². The Labute approximate surface area is 85.9 Å². The Kier molecular flexibility index (Phi) is 2.37. The monoisotopic (exact) mass is 206 g/mol. The van der Waals surface area contributed by atoms with Gasteiger partial charge >= 0.3 is 0 Å². The second-order valence-electron chi connectivity index (χ2n) is 3.37. The fourth-order valence-electron chi connectivity index (χ4n) is 1.54. The standard InChI is InChI=1S/C10H10N2O3/c13-8-4-6-11(7-5-8)12-9(14)2-1-3-10(12)15/h4-7H,1-3H2. The van der Waals surface area contributed by atoms with E-state index in [2.05, 4.69) is 0 Å². The minimum Gasteiger partial charge on any atom is -0.290 e. The van der Waals surface area contributed by atoms with E-state index in [4.69, 9.17) is 0 Å². The molecule has 5 nitrogen and oxygen atoms in total. The van der Waals surface area contributed by atoms with Crippen LogP contribution in [0.15, 0.2) is 29.3 Å². The van der Waals surface area contributed by atoms with Crippen LogP contribution in [0.4, 0.5) is 0 Å². The van der Waals surface area contributed by atoms with Gasteiger partial charge < -0.3 is 0 Å². The fourth-order valence-corrected chi connectivity index (χ4v) is 1.54. The molecule has 0 unspecified atom stereocenters. The van der Waals surface area contributed by atoms with Crippen LogP contribution >= 0.6 is 0 Å². The summed E-state index contributed by atoms with van der Waals surface area (Å²) in [6, 6.07) is 2.63. The zero-order valence-electron chi connectivity index (χ0n) is 8.05. The van der Waals surface area contributed by atoms with Gasteiger partial charge in [-0.05, 0) is 6.42 Å². The summed E-state index contributed by atoms with van der Waals surface area (Å²) in [6.45, 7) is 0. The summed E-state index contributed by atoms with van der Waals surface area (Å²) in [7, 11) is 0. The van der Waals surface area contributed by atoms with Crippen molar-refractivity contribution in [1.29, 1.82) is 0 Å². The van der Waals surface area contributed by atoms with Gasteiger partial charge in [0.2, 0.25) is 11.8 Å². The van der Waals surface area contributed by atoms with Crippen LogP contribution < -0.4 is 10.4 Å². The molecule has 2 rings (SSSR count). The Morgan fingerprint density at radius 1 is 0.933 bits per heavy atom. The van der Waals surface area contributed by atoms with Crippen molar-refractivity contribution in [1.82, 2.24) is 4.68 Å². The molecule has 0 radical (unpaired) electrons. The van der Waals surface area contributed by atoms with E-state index in [1.807, 2.05) is 0 Å². The van der Waals surface area contributed by atoms with Gasteiger partial charge in [-0.2, -0.15) is 5.01 Å². The first-order valence-electron chi connectivity index (χ1n) is 4.73. The molecule has 78 valence electrons. The number of nitrogens with zero attached hydrogens (tertiary/aromatic N) is 2. The van der Waals surface area contributed by atoms with Crippen LogP contribution in [-0.2, 0) is 9.59 Å². The van der Waals surface area contributed by atoms with E-state index in [-0.39, 0.29) is 17.2 Å². The number of hydrogen-bond acceptors (Lipinski definition) is 3. The molecule has 1 aromatic rings. The highest BCUT2D eigenvalue weighted by atomic mass is 16.2. The van der Waals surface area contributed by atoms with E-state index in [0.29, 0.717) is 19.3 Å². The van der Waals surface area contributed by atoms with Crippen molar-refractivity contribution in [2.24, 2.45) is 0 Å².